The van der Waals surface area contributed by atoms with Gasteiger partial charge in [0.1, 0.15) is 6.26 Å². The summed E-state index contributed by atoms with van der Waals surface area (Å²) < 4.78 is 5.53. The van der Waals surface area contributed by atoms with Crippen LogP contribution in [0, 0.1) is 0 Å². The Labute approximate surface area is 168 Å². The number of guanidine groups is 1. The molecule has 132 valence electrons. The molecule has 5 nitrogen and oxygen atoms in total. The molecule has 0 aliphatic rings. The van der Waals surface area contributed by atoms with Crippen LogP contribution in [0.1, 0.15) is 18.2 Å². The van der Waals surface area contributed by atoms with Gasteiger partial charge in [-0.3, -0.25) is 0 Å². The van der Waals surface area contributed by atoms with Gasteiger partial charge >= 0.3 is 0 Å². The first-order valence-electron chi connectivity index (χ1n) is 7.89. The molecule has 2 aromatic heterocycles. The zero-order chi connectivity index (χ0) is 16.6. The number of rotatable bonds is 6. The van der Waals surface area contributed by atoms with E-state index in [1.165, 1.54) is 5.56 Å². The molecule has 0 bridgehead atoms. The molecule has 0 atom stereocenters. The van der Waals surface area contributed by atoms with Gasteiger partial charge in [-0.2, -0.15) is 0 Å². The Hall–Kier alpha value is -1.87. The number of nitrogens with one attached hydrogen (secondary N) is 2. The second-order valence-electron chi connectivity index (χ2n) is 5.16. The van der Waals surface area contributed by atoms with Crippen LogP contribution < -0.4 is 10.6 Å². The van der Waals surface area contributed by atoms with Crippen LogP contribution in [-0.2, 0) is 13.1 Å². The van der Waals surface area contributed by atoms with Crippen molar-refractivity contribution in [1.29, 1.82) is 0 Å². The van der Waals surface area contributed by atoms with E-state index in [9.17, 15) is 0 Å². The molecule has 3 rings (SSSR count). The molecule has 1 aromatic carbocycles. The Morgan fingerprint density at radius 2 is 2.00 bits per heavy atom. The van der Waals surface area contributed by atoms with E-state index in [0.717, 1.165) is 23.1 Å². The number of hydrogen-bond acceptors (Lipinski definition) is 4. The molecule has 0 aliphatic carbocycles. The molecular weight excluding hydrogens is 447 g/mol. The van der Waals surface area contributed by atoms with Gasteiger partial charge in [-0.25, -0.2) is 9.98 Å². The molecule has 0 radical (unpaired) electrons. The Morgan fingerprint density at radius 3 is 2.72 bits per heavy atom. The first kappa shape index (κ1) is 19.5. The molecule has 0 unspecified atom stereocenters. The summed E-state index contributed by atoms with van der Waals surface area (Å²) in [6, 6.07) is 14.2. The summed E-state index contributed by atoms with van der Waals surface area (Å²) in [6.45, 7) is 4.05. The lowest BCUT2D eigenvalue weighted by Crippen LogP contribution is -2.36. The van der Waals surface area contributed by atoms with E-state index in [0.29, 0.717) is 19.0 Å². The highest BCUT2D eigenvalue weighted by Gasteiger charge is 2.08. The van der Waals surface area contributed by atoms with Crippen molar-refractivity contribution in [3.63, 3.8) is 0 Å². The van der Waals surface area contributed by atoms with Crippen LogP contribution in [0.2, 0.25) is 0 Å². The second kappa shape index (κ2) is 10.2. The third kappa shape index (κ3) is 5.86. The van der Waals surface area contributed by atoms with Crippen molar-refractivity contribution in [2.45, 2.75) is 20.0 Å². The summed E-state index contributed by atoms with van der Waals surface area (Å²) >= 11 is 1.61. The van der Waals surface area contributed by atoms with Crippen molar-refractivity contribution in [2.24, 2.45) is 4.99 Å². The lowest BCUT2D eigenvalue weighted by atomic mass is 10.2. The molecular formula is C18H21IN4OS. The molecule has 0 amide bonds. The fraction of sp³-hybridized carbons (Fsp3) is 0.222. The van der Waals surface area contributed by atoms with Gasteiger partial charge in [0.25, 0.3) is 0 Å². The van der Waals surface area contributed by atoms with E-state index in [2.05, 4.69) is 32.7 Å². The van der Waals surface area contributed by atoms with Gasteiger partial charge in [0, 0.05) is 6.54 Å². The van der Waals surface area contributed by atoms with Gasteiger partial charge < -0.3 is 15.1 Å². The zero-order valence-corrected chi connectivity index (χ0v) is 17.1. The van der Waals surface area contributed by atoms with Crippen molar-refractivity contribution in [2.75, 3.05) is 6.54 Å². The quantitative estimate of drug-likeness (QED) is 0.322. The van der Waals surface area contributed by atoms with Gasteiger partial charge in [0.15, 0.2) is 5.96 Å². The van der Waals surface area contributed by atoms with Crippen LogP contribution >= 0.6 is 35.3 Å². The summed E-state index contributed by atoms with van der Waals surface area (Å²) in [5.74, 6) is 1.43. The van der Waals surface area contributed by atoms with Gasteiger partial charge in [0.2, 0.25) is 5.89 Å². The van der Waals surface area contributed by atoms with E-state index in [4.69, 9.17) is 4.42 Å². The van der Waals surface area contributed by atoms with E-state index >= 15 is 0 Å². The third-order valence-corrected chi connectivity index (χ3v) is 4.19. The van der Waals surface area contributed by atoms with Gasteiger partial charge in [-0.15, -0.1) is 35.3 Å². The van der Waals surface area contributed by atoms with Crippen molar-refractivity contribution < 1.29 is 4.42 Å². The molecule has 25 heavy (non-hydrogen) atoms. The number of oxazole rings is 1. The molecule has 0 saturated carbocycles. The lowest BCUT2D eigenvalue weighted by Gasteiger charge is -2.09. The summed E-state index contributed by atoms with van der Waals surface area (Å²) in [5.41, 5.74) is 2.03. The van der Waals surface area contributed by atoms with Gasteiger partial charge in [0.05, 0.1) is 23.7 Å². The SMILES string of the molecule is CCNC(=NCc1ccccc1)NCc1coc(-c2cccs2)n1.I. The van der Waals surface area contributed by atoms with Gasteiger partial charge in [-0.1, -0.05) is 36.4 Å². The summed E-state index contributed by atoms with van der Waals surface area (Å²) in [7, 11) is 0. The van der Waals surface area contributed by atoms with Crippen LogP contribution in [0.3, 0.4) is 0 Å². The summed E-state index contributed by atoms with van der Waals surface area (Å²) in [5, 5.41) is 8.54. The van der Waals surface area contributed by atoms with Crippen molar-refractivity contribution in [3.05, 3.63) is 65.4 Å². The van der Waals surface area contributed by atoms with E-state index < -0.39 is 0 Å². The predicted molar refractivity (Wildman–Crippen MR) is 113 cm³/mol. The van der Waals surface area contributed by atoms with Crippen LogP contribution in [-0.4, -0.2) is 17.5 Å². The summed E-state index contributed by atoms with van der Waals surface area (Å²) in [6.07, 6.45) is 1.68. The Morgan fingerprint density at radius 1 is 1.16 bits per heavy atom. The average molecular weight is 468 g/mol. The molecule has 0 aliphatic heterocycles. The number of thiophene rings is 1. The number of aliphatic imine (C=N–C) groups is 1. The number of hydrogen-bond donors (Lipinski definition) is 2. The fourth-order valence-electron chi connectivity index (χ4n) is 2.17. The number of nitrogens with zero attached hydrogens (tertiary/aromatic N) is 2. The van der Waals surface area contributed by atoms with E-state index in [1.54, 1.807) is 17.6 Å². The minimum Gasteiger partial charge on any atom is -0.443 e. The van der Waals surface area contributed by atoms with Gasteiger partial charge in [-0.05, 0) is 23.9 Å². The first-order valence-corrected chi connectivity index (χ1v) is 8.77. The highest BCUT2D eigenvalue weighted by molar-refractivity contribution is 14.0. The second-order valence-corrected chi connectivity index (χ2v) is 6.10. The smallest absolute Gasteiger partial charge is 0.236 e. The average Bonchev–Trinajstić information content (AvgIpc) is 3.29. The highest BCUT2D eigenvalue weighted by Crippen LogP contribution is 2.23. The van der Waals surface area contributed by atoms with Crippen LogP contribution in [0.15, 0.2) is 63.5 Å². The minimum absolute atomic E-state index is 0. The van der Waals surface area contributed by atoms with Crippen LogP contribution in [0.4, 0.5) is 0 Å². The van der Waals surface area contributed by atoms with E-state index in [-0.39, 0.29) is 24.0 Å². The van der Waals surface area contributed by atoms with Crippen molar-refractivity contribution in [3.8, 4) is 10.8 Å². The van der Waals surface area contributed by atoms with E-state index in [1.807, 2.05) is 42.6 Å². The summed E-state index contributed by atoms with van der Waals surface area (Å²) in [4.78, 5) is 10.1. The third-order valence-electron chi connectivity index (χ3n) is 3.33. The maximum Gasteiger partial charge on any atom is 0.236 e. The molecule has 7 heteroatoms. The Kier molecular flexibility index (Phi) is 7.93. The molecule has 3 aromatic rings. The first-order chi connectivity index (χ1) is 11.8. The molecule has 2 N–H and O–H groups in total. The topological polar surface area (TPSA) is 62.5 Å². The Bertz CT molecular complexity index is 771. The minimum atomic E-state index is 0. The maximum absolute atomic E-state index is 5.53. The molecule has 0 spiro atoms. The monoisotopic (exact) mass is 468 g/mol. The van der Waals surface area contributed by atoms with Crippen LogP contribution in [0.5, 0.6) is 0 Å². The standard InChI is InChI=1S/C18H20N4OS.HI/c1-2-19-18(20-11-14-7-4-3-5-8-14)21-12-15-13-23-17(22-15)16-9-6-10-24-16;/h3-10,13H,2,11-12H2,1H3,(H2,19,20,21);1H. The number of benzene rings is 1. The normalized spacial score (nSPS) is 11.0. The van der Waals surface area contributed by atoms with Crippen molar-refractivity contribution in [1.82, 2.24) is 15.6 Å². The largest absolute Gasteiger partial charge is 0.443 e. The number of halogens is 1. The number of aromatic nitrogens is 1. The maximum atomic E-state index is 5.53. The highest BCUT2D eigenvalue weighted by atomic mass is 127. The molecule has 0 fully saturated rings. The zero-order valence-electron chi connectivity index (χ0n) is 13.9. The Balaban J connectivity index is 0.00000225. The molecule has 2 heterocycles. The molecule has 0 saturated heterocycles. The predicted octanol–water partition coefficient (Wildman–Crippen LogP) is 4.28. The van der Waals surface area contributed by atoms with Crippen LogP contribution in [0.25, 0.3) is 10.8 Å². The lowest BCUT2D eigenvalue weighted by molar-refractivity contribution is 0.573. The fourth-order valence-corrected chi connectivity index (χ4v) is 2.83. The van der Waals surface area contributed by atoms with Crippen molar-refractivity contribution >= 4 is 41.3 Å².